The van der Waals surface area contributed by atoms with Gasteiger partial charge in [0.2, 0.25) is 0 Å². The molecule has 0 N–H and O–H groups in total. The van der Waals surface area contributed by atoms with E-state index in [2.05, 4.69) is 34.8 Å². The second-order valence-corrected chi connectivity index (χ2v) is 2.83. The maximum absolute atomic E-state index is 3.97. The fraction of sp³-hybridized carbons (Fsp3) is 0. The number of hydrogen-bond acceptors (Lipinski definition) is 5. The normalized spacial score (nSPS) is 8.25. The summed E-state index contributed by atoms with van der Waals surface area (Å²) in [4.78, 5) is 0. The molecule has 42 valence electrons. The molecule has 1 aromatic heterocycles. The molecule has 1 aromatic rings. The number of nitrogens with zero attached hydrogens (tertiary/aromatic N) is 2. The molecule has 1 rings (SSSR count). The van der Waals surface area contributed by atoms with E-state index >= 15 is 0 Å². The van der Waals surface area contributed by atoms with Crippen molar-refractivity contribution in [1.29, 1.82) is 0 Å². The molecule has 0 bridgehead atoms. The van der Waals surface area contributed by atoms with Crippen molar-refractivity contribution in [3.8, 4) is 0 Å². The van der Waals surface area contributed by atoms with E-state index in [-0.39, 0.29) is 23.9 Å². The molecule has 0 spiro atoms. The van der Waals surface area contributed by atoms with Gasteiger partial charge >= 0.3 is 0 Å². The molecule has 8 heavy (non-hydrogen) atoms. The summed E-state index contributed by atoms with van der Waals surface area (Å²) in [7, 11) is 0. The molecular weight excluding hydrogens is 267 g/mol. The Labute approximate surface area is 79.0 Å². The third-order valence-electron chi connectivity index (χ3n) is 0.454. The molecule has 6 heteroatoms. The van der Waals surface area contributed by atoms with Gasteiger partial charge in [-0.05, 0) is 11.5 Å². The van der Waals surface area contributed by atoms with Gasteiger partial charge in [0, 0.05) is 23.9 Å². The van der Waals surface area contributed by atoms with Crippen molar-refractivity contribution in [3.63, 3.8) is 0 Å². The smallest absolute Gasteiger partial charge is 0.131 e. The summed E-state index contributed by atoms with van der Waals surface area (Å²) in [5.74, 6) is 0. The van der Waals surface area contributed by atoms with Crippen molar-refractivity contribution in [3.05, 3.63) is 0 Å². The molecule has 0 unspecified atom stereocenters. The van der Waals surface area contributed by atoms with Gasteiger partial charge in [0.1, 0.15) is 9.24 Å². The van der Waals surface area contributed by atoms with Gasteiger partial charge in [-0.25, -0.2) is 0 Å². The first kappa shape index (κ1) is 9.06. The number of thiol groups is 2. The fourth-order valence-corrected chi connectivity index (χ4v) is 0.886. The van der Waals surface area contributed by atoms with E-state index in [1.165, 1.54) is 11.5 Å². The Kier molecular flexibility index (Phi) is 4.49. The summed E-state index contributed by atoms with van der Waals surface area (Å²) < 4.78 is 4.33. The van der Waals surface area contributed by atoms with Crippen LogP contribution in [0.5, 0.6) is 0 Å². The zero-order chi connectivity index (χ0) is 5.28. The second-order valence-electron chi connectivity index (χ2n) is 0.902. The quantitative estimate of drug-likeness (QED) is 0.536. The van der Waals surface area contributed by atoms with Crippen LogP contribution in [-0.2, 0) is 0 Å². The van der Waals surface area contributed by atoms with Gasteiger partial charge in [-0.3, -0.25) is 0 Å². The van der Waals surface area contributed by atoms with Crippen LogP contribution in [0, 0.1) is 0 Å². The molecule has 0 aromatic carbocycles. The van der Waals surface area contributed by atoms with Crippen LogP contribution in [0.1, 0.15) is 0 Å². The third-order valence-corrected chi connectivity index (χ3v) is 2.08. The average molecular weight is 269 g/mol. The van der Waals surface area contributed by atoms with E-state index < -0.39 is 0 Å². The Morgan fingerprint density at radius 1 is 1.38 bits per heavy atom. The fourth-order valence-electron chi connectivity index (χ4n) is 0.181. The van der Waals surface area contributed by atoms with Gasteiger partial charge in [-0.15, -0.1) is 30.4 Å². The van der Waals surface area contributed by atoms with Crippen LogP contribution in [0.2, 0.25) is 0 Å². The van der Waals surface area contributed by atoms with Crippen molar-refractivity contribution in [2.45, 2.75) is 9.24 Å². The van der Waals surface area contributed by atoms with Crippen LogP contribution >= 0.6 is 36.8 Å². The topological polar surface area (TPSA) is 25.8 Å². The van der Waals surface area contributed by atoms with Gasteiger partial charge in [0.25, 0.3) is 0 Å². The maximum Gasteiger partial charge on any atom is 0.142 e. The molecule has 1 heterocycles. The SMILES string of the molecule is Sc1nnsc1S.[Sn]. The summed E-state index contributed by atoms with van der Waals surface area (Å²) in [6.45, 7) is 0. The molecule has 0 aliphatic heterocycles. The van der Waals surface area contributed by atoms with Crippen LogP contribution in [0.25, 0.3) is 0 Å². The van der Waals surface area contributed by atoms with Gasteiger partial charge in [-0.1, -0.05) is 4.49 Å². The third kappa shape index (κ3) is 2.12. The average Bonchev–Trinajstić information content (AvgIpc) is 1.91. The molecule has 0 aliphatic carbocycles. The van der Waals surface area contributed by atoms with E-state index in [9.17, 15) is 0 Å². The summed E-state index contributed by atoms with van der Waals surface area (Å²) in [5, 5.41) is 4.18. The monoisotopic (exact) mass is 270 g/mol. The predicted octanol–water partition coefficient (Wildman–Crippen LogP) is 0.735. The van der Waals surface area contributed by atoms with Crippen molar-refractivity contribution in [1.82, 2.24) is 9.59 Å². The van der Waals surface area contributed by atoms with Crippen molar-refractivity contribution >= 4 is 60.7 Å². The van der Waals surface area contributed by atoms with Crippen LogP contribution in [0.3, 0.4) is 0 Å². The van der Waals surface area contributed by atoms with Crippen LogP contribution < -0.4 is 0 Å². The van der Waals surface area contributed by atoms with Gasteiger partial charge in [0.15, 0.2) is 0 Å². The summed E-state index contributed by atoms with van der Waals surface area (Å²) in [6.07, 6.45) is 0. The minimum absolute atomic E-state index is 0. The first-order valence-corrected chi connectivity index (χ1v) is 3.18. The minimum Gasteiger partial charge on any atom is -0.131 e. The maximum atomic E-state index is 3.97. The van der Waals surface area contributed by atoms with Crippen LogP contribution in [-0.4, -0.2) is 33.5 Å². The Hall–Kier alpha value is 1.06. The zero-order valence-electron chi connectivity index (χ0n) is 3.70. The van der Waals surface area contributed by atoms with E-state index in [1.54, 1.807) is 0 Å². The van der Waals surface area contributed by atoms with Crippen molar-refractivity contribution in [2.24, 2.45) is 0 Å². The van der Waals surface area contributed by atoms with Crippen molar-refractivity contribution < 1.29 is 0 Å². The van der Waals surface area contributed by atoms with Gasteiger partial charge in [-0.2, -0.15) is 0 Å². The van der Waals surface area contributed by atoms with Crippen LogP contribution in [0.4, 0.5) is 0 Å². The molecule has 0 amide bonds. The summed E-state index contributed by atoms with van der Waals surface area (Å²) in [5.41, 5.74) is 0. The first-order valence-electron chi connectivity index (χ1n) is 1.51. The molecule has 0 fully saturated rings. The molecule has 4 radical (unpaired) electrons. The van der Waals surface area contributed by atoms with Gasteiger partial charge in [0.05, 0.1) is 0 Å². The minimum atomic E-state index is 0. The molecular formula is C2H2N2S3Sn. The summed E-state index contributed by atoms with van der Waals surface area (Å²) in [6, 6.07) is 0. The van der Waals surface area contributed by atoms with Crippen LogP contribution in [0.15, 0.2) is 9.24 Å². The molecule has 0 saturated carbocycles. The molecule has 2 nitrogen and oxygen atoms in total. The first-order chi connectivity index (χ1) is 3.30. The van der Waals surface area contributed by atoms with E-state index in [4.69, 9.17) is 0 Å². The van der Waals surface area contributed by atoms with E-state index in [1.807, 2.05) is 0 Å². The Balaban J connectivity index is 0.000000490. The van der Waals surface area contributed by atoms with E-state index in [0.29, 0.717) is 5.03 Å². The predicted molar refractivity (Wildman–Crippen MR) is 40.2 cm³/mol. The number of aromatic nitrogens is 2. The standard InChI is InChI=1S/C2H2N2S3.Sn/c5-1-2(6)7-4-3-1;/h5-6H;. The van der Waals surface area contributed by atoms with E-state index in [0.717, 1.165) is 4.21 Å². The molecule has 0 saturated heterocycles. The van der Waals surface area contributed by atoms with Crippen molar-refractivity contribution in [2.75, 3.05) is 0 Å². The Morgan fingerprint density at radius 3 is 2.12 bits per heavy atom. The number of hydrogen-bond donors (Lipinski definition) is 2. The number of rotatable bonds is 0. The Morgan fingerprint density at radius 2 is 2.00 bits per heavy atom. The second kappa shape index (κ2) is 3.97. The zero-order valence-corrected chi connectivity index (χ0v) is 9.16. The largest absolute Gasteiger partial charge is 0.142 e. The summed E-state index contributed by atoms with van der Waals surface area (Å²) >= 11 is 9.11. The molecule has 0 aliphatic rings. The molecule has 0 atom stereocenters. The van der Waals surface area contributed by atoms with Gasteiger partial charge < -0.3 is 0 Å². The Bertz CT molecular complexity index is 148.